The number of unbranched alkanes of at least 4 members (excludes halogenated alkanes) is 1. The van der Waals surface area contributed by atoms with Crippen LogP contribution in [0.4, 0.5) is 0 Å². The van der Waals surface area contributed by atoms with Crippen molar-refractivity contribution < 1.29 is 0 Å². The third-order valence-electron chi connectivity index (χ3n) is 1.34. The van der Waals surface area contributed by atoms with Gasteiger partial charge in [-0.05, 0) is 24.1 Å². The molecule has 0 N–H and O–H groups in total. The number of nitrogens with zero attached hydrogens (tertiary/aromatic N) is 1. The lowest BCUT2D eigenvalue weighted by Crippen LogP contribution is -1.87. The van der Waals surface area contributed by atoms with E-state index in [-0.39, 0.29) is 0 Å². The molecular formula is C8H15NS. The fraction of sp³-hybridized carbons (Fsp3) is 0.875. The van der Waals surface area contributed by atoms with Gasteiger partial charge in [0, 0.05) is 5.75 Å². The fourth-order valence-electron chi connectivity index (χ4n) is 0.772. The van der Waals surface area contributed by atoms with Gasteiger partial charge >= 0.3 is 0 Å². The Morgan fingerprint density at radius 3 is 2.60 bits per heavy atom. The molecule has 0 rings (SSSR count). The summed E-state index contributed by atoms with van der Waals surface area (Å²) < 4.78 is 0. The van der Waals surface area contributed by atoms with E-state index in [0.717, 1.165) is 11.7 Å². The largest absolute Gasteiger partial charge is 0.185 e. The van der Waals surface area contributed by atoms with E-state index in [0.29, 0.717) is 0 Å². The SMILES string of the molecule is CC(C)CCCCSC#N. The Morgan fingerprint density at radius 2 is 2.10 bits per heavy atom. The summed E-state index contributed by atoms with van der Waals surface area (Å²) >= 11 is 1.37. The van der Waals surface area contributed by atoms with E-state index < -0.39 is 0 Å². The molecule has 0 fully saturated rings. The summed E-state index contributed by atoms with van der Waals surface area (Å²) in [5.41, 5.74) is 0. The van der Waals surface area contributed by atoms with Gasteiger partial charge < -0.3 is 0 Å². The van der Waals surface area contributed by atoms with Crippen molar-refractivity contribution >= 4 is 11.8 Å². The Bertz CT molecular complexity index is 104. The van der Waals surface area contributed by atoms with Gasteiger partial charge in [-0.2, -0.15) is 5.26 Å². The molecule has 0 saturated carbocycles. The van der Waals surface area contributed by atoms with Crippen LogP contribution in [0.2, 0.25) is 0 Å². The van der Waals surface area contributed by atoms with Crippen LogP contribution in [-0.2, 0) is 0 Å². The third-order valence-corrected chi connectivity index (χ3v) is 1.96. The topological polar surface area (TPSA) is 23.8 Å². The van der Waals surface area contributed by atoms with Gasteiger partial charge in [0.15, 0.2) is 0 Å². The van der Waals surface area contributed by atoms with Crippen LogP contribution < -0.4 is 0 Å². The Balaban J connectivity index is 2.86. The lowest BCUT2D eigenvalue weighted by atomic mass is 10.1. The fourth-order valence-corrected chi connectivity index (χ4v) is 1.21. The summed E-state index contributed by atoms with van der Waals surface area (Å²) in [5.74, 6) is 1.82. The lowest BCUT2D eigenvalue weighted by Gasteiger charge is -2.01. The molecule has 0 aliphatic rings. The van der Waals surface area contributed by atoms with Crippen molar-refractivity contribution in [3.8, 4) is 5.40 Å². The predicted octanol–water partition coefficient (Wildman–Crippen LogP) is 3.03. The molecule has 0 bridgehead atoms. The minimum absolute atomic E-state index is 0.812. The zero-order chi connectivity index (χ0) is 7.82. The zero-order valence-corrected chi connectivity index (χ0v) is 7.58. The molecule has 58 valence electrons. The maximum absolute atomic E-state index is 8.19. The molecule has 0 aliphatic carbocycles. The maximum atomic E-state index is 8.19. The first-order valence-electron chi connectivity index (χ1n) is 3.78. The molecule has 0 aromatic carbocycles. The highest BCUT2D eigenvalue weighted by molar-refractivity contribution is 8.03. The maximum Gasteiger partial charge on any atom is 0.133 e. The molecule has 0 saturated heterocycles. The van der Waals surface area contributed by atoms with Crippen LogP contribution in [0, 0.1) is 16.6 Å². The van der Waals surface area contributed by atoms with E-state index in [2.05, 4.69) is 19.2 Å². The first-order valence-corrected chi connectivity index (χ1v) is 4.76. The van der Waals surface area contributed by atoms with Crippen LogP contribution in [0.5, 0.6) is 0 Å². The quantitative estimate of drug-likeness (QED) is 0.452. The first-order chi connectivity index (χ1) is 4.77. The second-order valence-corrected chi connectivity index (χ2v) is 3.71. The normalized spacial score (nSPS) is 9.80. The van der Waals surface area contributed by atoms with Crippen LogP contribution in [0.3, 0.4) is 0 Å². The highest BCUT2D eigenvalue weighted by Crippen LogP contribution is 2.09. The van der Waals surface area contributed by atoms with Gasteiger partial charge in [-0.15, -0.1) is 0 Å². The molecular weight excluding hydrogens is 142 g/mol. The van der Waals surface area contributed by atoms with E-state index >= 15 is 0 Å². The van der Waals surface area contributed by atoms with Crippen molar-refractivity contribution in [3.63, 3.8) is 0 Å². The van der Waals surface area contributed by atoms with Crippen LogP contribution in [-0.4, -0.2) is 5.75 Å². The third kappa shape index (κ3) is 7.84. The van der Waals surface area contributed by atoms with E-state index in [1.807, 2.05) is 0 Å². The van der Waals surface area contributed by atoms with Crippen molar-refractivity contribution in [2.75, 3.05) is 5.75 Å². The molecule has 0 amide bonds. The first kappa shape index (κ1) is 9.84. The van der Waals surface area contributed by atoms with Crippen LogP contribution in [0.1, 0.15) is 33.1 Å². The van der Waals surface area contributed by atoms with Gasteiger partial charge in [-0.3, -0.25) is 0 Å². The van der Waals surface area contributed by atoms with E-state index in [1.165, 1.54) is 31.0 Å². The number of rotatable bonds is 5. The number of thioether (sulfide) groups is 1. The Kier molecular flexibility index (Phi) is 6.84. The predicted molar refractivity (Wildman–Crippen MR) is 46.8 cm³/mol. The molecule has 0 unspecified atom stereocenters. The van der Waals surface area contributed by atoms with Gasteiger partial charge in [0.25, 0.3) is 0 Å². The summed E-state index contributed by atoms with van der Waals surface area (Å²) in [7, 11) is 0. The van der Waals surface area contributed by atoms with Gasteiger partial charge in [-0.25, -0.2) is 0 Å². The van der Waals surface area contributed by atoms with Crippen molar-refractivity contribution in [3.05, 3.63) is 0 Å². The Morgan fingerprint density at radius 1 is 1.40 bits per heavy atom. The van der Waals surface area contributed by atoms with Crippen molar-refractivity contribution in [2.45, 2.75) is 33.1 Å². The minimum atomic E-state index is 0.812. The van der Waals surface area contributed by atoms with Crippen LogP contribution >= 0.6 is 11.8 Å². The summed E-state index contributed by atoms with van der Waals surface area (Å²) in [6.07, 6.45) is 3.76. The molecule has 0 aromatic heterocycles. The molecule has 0 spiro atoms. The monoisotopic (exact) mass is 157 g/mol. The standard InChI is InChI=1S/C8H15NS/c1-8(2)5-3-4-6-10-7-9/h8H,3-6H2,1-2H3. The van der Waals surface area contributed by atoms with E-state index in [9.17, 15) is 0 Å². The minimum Gasteiger partial charge on any atom is -0.185 e. The average molecular weight is 157 g/mol. The summed E-state index contributed by atoms with van der Waals surface area (Å²) in [6, 6.07) is 0. The summed E-state index contributed by atoms with van der Waals surface area (Å²) in [5, 5.41) is 10.3. The van der Waals surface area contributed by atoms with Crippen LogP contribution in [0.25, 0.3) is 0 Å². The molecule has 2 heteroatoms. The van der Waals surface area contributed by atoms with Crippen molar-refractivity contribution in [1.29, 1.82) is 5.26 Å². The highest BCUT2D eigenvalue weighted by atomic mass is 32.2. The van der Waals surface area contributed by atoms with Gasteiger partial charge in [0.1, 0.15) is 5.40 Å². The molecule has 0 aliphatic heterocycles. The average Bonchev–Trinajstić information content (AvgIpc) is 1.87. The zero-order valence-electron chi connectivity index (χ0n) is 6.76. The number of nitriles is 1. The lowest BCUT2D eigenvalue weighted by molar-refractivity contribution is 0.551. The van der Waals surface area contributed by atoms with Gasteiger partial charge in [-0.1, -0.05) is 26.7 Å². The summed E-state index contributed by atoms with van der Waals surface area (Å²) in [6.45, 7) is 4.47. The van der Waals surface area contributed by atoms with E-state index in [1.54, 1.807) is 0 Å². The smallest absolute Gasteiger partial charge is 0.133 e. The second kappa shape index (κ2) is 6.95. The summed E-state index contributed by atoms with van der Waals surface area (Å²) in [4.78, 5) is 0. The second-order valence-electron chi connectivity index (χ2n) is 2.83. The number of hydrogen-bond acceptors (Lipinski definition) is 2. The molecule has 0 aromatic rings. The van der Waals surface area contributed by atoms with Gasteiger partial charge in [0.05, 0.1) is 0 Å². The molecule has 0 radical (unpaired) electrons. The number of thiocyanates is 1. The molecule has 0 heterocycles. The van der Waals surface area contributed by atoms with Gasteiger partial charge in [0.2, 0.25) is 0 Å². The molecule has 0 atom stereocenters. The van der Waals surface area contributed by atoms with E-state index in [4.69, 9.17) is 5.26 Å². The highest BCUT2D eigenvalue weighted by Gasteiger charge is 1.93. The molecule has 1 nitrogen and oxygen atoms in total. The van der Waals surface area contributed by atoms with Crippen LogP contribution in [0.15, 0.2) is 0 Å². The molecule has 10 heavy (non-hydrogen) atoms. The number of hydrogen-bond donors (Lipinski definition) is 0. The van der Waals surface area contributed by atoms with Crippen molar-refractivity contribution in [2.24, 2.45) is 5.92 Å². The Labute approximate surface area is 67.8 Å². The van der Waals surface area contributed by atoms with Crippen molar-refractivity contribution in [1.82, 2.24) is 0 Å². The Hall–Kier alpha value is -0.160.